The molecule has 0 aliphatic heterocycles. The second-order valence-corrected chi connectivity index (χ2v) is 5.01. The van der Waals surface area contributed by atoms with E-state index in [4.69, 9.17) is 11.6 Å². The Morgan fingerprint density at radius 1 is 1.50 bits per heavy atom. The lowest BCUT2D eigenvalue weighted by Gasteiger charge is -2.15. The molecule has 4 nitrogen and oxygen atoms in total. The summed E-state index contributed by atoms with van der Waals surface area (Å²) in [6.07, 6.45) is -0.230. The van der Waals surface area contributed by atoms with E-state index in [9.17, 15) is 9.59 Å². The van der Waals surface area contributed by atoms with Crippen LogP contribution < -0.4 is 0 Å². The van der Waals surface area contributed by atoms with E-state index in [1.54, 1.807) is 13.1 Å². The maximum atomic E-state index is 11.5. The van der Waals surface area contributed by atoms with Gasteiger partial charge in [0.05, 0.1) is 18.0 Å². The number of carbonyl (C=O) groups excluding carboxylic acids is 2. The molecule has 0 unspecified atom stereocenters. The van der Waals surface area contributed by atoms with Gasteiger partial charge in [0, 0.05) is 11.9 Å². The first-order chi connectivity index (χ1) is 7.52. The number of amides is 1. The molecular formula is C10H12ClNO3S. The van der Waals surface area contributed by atoms with E-state index in [-0.39, 0.29) is 12.3 Å². The lowest BCUT2D eigenvalue weighted by atomic mass is 10.3. The third-order valence-electron chi connectivity index (χ3n) is 1.97. The van der Waals surface area contributed by atoms with Crippen molar-refractivity contribution in [1.29, 1.82) is 0 Å². The van der Waals surface area contributed by atoms with E-state index in [0.29, 0.717) is 10.9 Å². The molecule has 0 spiro atoms. The minimum atomic E-state index is -0.527. The lowest BCUT2D eigenvalue weighted by Crippen LogP contribution is -2.28. The predicted octanol–water partition coefficient (Wildman–Crippen LogP) is 1.92. The van der Waals surface area contributed by atoms with Crippen LogP contribution in [-0.4, -0.2) is 30.9 Å². The summed E-state index contributed by atoms with van der Waals surface area (Å²) in [5.41, 5.74) is 0. The summed E-state index contributed by atoms with van der Waals surface area (Å²) in [5, 5.41) is 0. The van der Waals surface area contributed by atoms with Crippen molar-refractivity contribution in [2.75, 3.05) is 14.2 Å². The summed E-state index contributed by atoms with van der Waals surface area (Å²) in [7, 11) is 2.90. The molecule has 0 bridgehead atoms. The summed E-state index contributed by atoms with van der Waals surface area (Å²) in [5.74, 6) is -0.794. The van der Waals surface area contributed by atoms with Crippen molar-refractivity contribution >= 4 is 34.8 Å². The van der Waals surface area contributed by atoms with Crippen molar-refractivity contribution in [3.63, 3.8) is 0 Å². The Bertz CT molecular complexity index is 391. The van der Waals surface area contributed by atoms with Gasteiger partial charge in [0.1, 0.15) is 6.42 Å². The molecule has 0 N–H and O–H groups in total. The molecule has 1 aromatic rings. The van der Waals surface area contributed by atoms with Gasteiger partial charge in [-0.15, -0.1) is 11.3 Å². The van der Waals surface area contributed by atoms with Gasteiger partial charge in [0.25, 0.3) is 0 Å². The molecule has 6 heteroatoms. The average molecular weight is 262 g/mol. The van der Waals surface area contributed by atoms with Gasteiger partial charge in [-0.3, -0.25) is 9.59 Å². The quantitative estimate of drug-likeness (QED) is 0.615. The van der Waals surface area contributed by atoms with Crippen LogP contribution in [0.25, 0.3) is 0 Å². The third kappa shape index (κ3) is 3.83. The van der Waals surface area contributed by atoms with Crippen LogP contribution in [0.15, 0.2) is 12.1 Å². The third-order valence-corrected chi connectivity index (χ3v) is 3.19. The van der Waals surface area contributed by atoms with Gasteiger partial charge in [-0.2, -0.15) is 0 Å². The number of hydrogen-bond donors (Lipinski definition) is 0. The number of thiophene rings is 1. The number of esters is 1. The van der Waals surface area contributed by atoms with E-state index < -0.39 is 5.97 Å². The molecule has 0 aromatic carbocycles. The van der Waals surface area contributed by atoms with Gasteiger partial charge in [0.2, 0.25) is 5.91 Å². The first-order valence-corrected chi connectivity index (χ1v) is 5.77. The number of halogens is 1. The molecule has 16 heavy (non-hydrogen) atoms. The van der Waals surface area contributed by atoms with E-state index >= 15 is 0 Å². The molecule has 0 saturated heterocycles. The van der Waals surface area contributed by atoms with Crippen LogP contribution in [-0.2, 0) is 20.9 Å². The van der Waals surface area contributed by atoms with Crippen LogP contribution in [0.4, 0.5) is 0 Å². The van der Waals surface area contributed by atoms with Crippen molar-refractivity contribution in [2.24, 2.45) is 0 Å². The van der Waals surface area contributed by atoms with Crippen LogP contribution in [0, 0.1) is 0 Å². The van der Waals surface area contributed by atoms with Crippen molar-refractivity contribution < 1.29 is 14.3 Å². The number of ether oxygens (including phenoxy) is 1. The maximum Gasteiger partial charge on any atom is 0.315 e. The van der Waals surface area contributed by atoms with Gasteiger partial charge >= 0.3 is 5.97 Å². The molecule has 0 atom stereocenters. The lowest BCUT2D eigenvalue weighted by molar-refractivity contribution is -0.146. The highest BCUT2D eigenvalue weighted by molar-refractivity contribution is 7.16. The fourth-order valence-corrected chi connectivity index (χ4v) is 2.23. The second-order valence-electron chi connectivity index (χ2n) is 3.21. The largest absolute Gasteiger partial charge is 0.469 e. The van der Waals surface area contributed by atoms with Crippen molar-refractivity contribution in [3.05, 3.63) is 21.3 Å². The Kier molecular flexibility index (Phi) is 4.76. The molecule has 1 amide bonds. The molecule has 1 heterocycles. The number of hydrogen-bond acceptors (Lipinski definition) is 4. The second kappa shape index (κ2) is 5.86. The highest BCUT2D eigenvalue weighted by atomic mass is 35.5. The summed E-state index contributed by atoms with van der Waals surface area (Å²) in [6.45, 7) is 0.452. The topological polar surface area (TPSA) is 46.6 Å². The normalized spacial score (nSPS) is 9.94. The average Bonchev–Trinajstić information content (AvgIpc) is 2.63. The molecule has 0 aliphatic carbocycles. The van der Waals surface area contributed by atoms with E-state index in [1.165, 1.54) is 23.3 Å². The van der Waals surface area contributed by atoms with Gasteiger partial charge in [-0.1, -0.05) is 11.6 Å². The number of rotatable bonds is 4. The van der Waals surface area contributed by atoms with Gasteiger partial charge in [-0.05, 0) is 12.1 Å². The Hall–Kier alpha value is -1.07. The van der Waals surface area contributed by atoms with Crippen LogP contribution in [0.3, 0.4) is 0 Å². The first-order valence-electron chi connectivity index (χ1n) is 4.58. The number of carbonyl (C=O) groups is 2. The van der Waals surface area contributed by atoms with Gasteiger partial charge in [0.15, 0.2) is 0 Å². The smallest absolute Gasteiger partial charge is 0.315 e. The number of methoxy groups -OCH3 is 1. The summed E-state index contributed by atoms with van der Waals surface area (Å²) in [6, 6.07) is 3.63. The van der Waals surface area contributed by atoms with Crippen molar-refractivity contribution in [2.45, 2.75) is 13.0 Å². The molecule has 0 saturated carbocycles. The first kappa shape index (κ1) is 13.0. The van der Waals surface area contributed by atoms with Crippen molar-refractivity contribution in [3.8, 4) is 0 Å². The Balaban J connectivity index is 2.48. The van der Waals surface area contributed by atoms with Gasteiger partial charge < -0.3 is 9.64 Å². The van der Waals surface area contributed by atoms with Crippen LogP contribution in [0.2, 0.25) is 4.34 Å². The molecule has 0 fully saturated rings. The van der Waals surface area contributed by atoms with E-state index in [1.807, 2.05) is 6.07 Å². The zero-order valence-electron chi connectivity index (χ0n) is 9.03. The fraction of sp³-hybridized carbons (Fsp3) is 0.400. The Morgan fingerprint density at radius 2 is 2.19 bits per heavy atom. The minimum absolute atomic E-state index is 0.230. The minimum Gasteiger partial charge on any atom is -0.469 e. The monoisotopic (exact) mass is 261 g/mol. The van der Waals surface area contributed by atoms with E-state index in [0.717, 1.165) is 4.88 Å². The van der Waals surface area contributed by atoms with Crippen LogP contribution in [0.5, 0.6) is 0 Å². The maximum absolute atomic E-state index is 11.5. The zero-order chi connectivity index (χ0) is 12.1. The summed E-state index contributed by atoms with van der Waals surface area (Å²) >= 11 is 7.18. The summed E-state index contributed by atoms with van der Waals surface area (Å²) in [4.78, 5) is 24.9. The summed E-state index contributed by atoms with van der Waals surface area (Å²) < 4.78 is 5.10. The molecular weight excluding hydrogens is 250 g/mol. The van der Waals surface area contributed by atoms with Crippen LogP contribution in [0.1, 0.15) is 11.3 Å². The highest BCUT2D eigenvalue weighted by Crippen LogP contribution is 2.22. The Morgan fingerprint density at radius 3 is 2.69 bits per heavy atom. The highest BCUT2D eigenvalue weighted by Gasteiger charge is 2.14. The molecule has 1 aromatic heterocycles. The standard InChI is InChI=1S/C10H12ClNO3S/c1-12(9(13)5-10(14)15-2)6-7-3-4-8(11)16-7/h3-4H,5-6H2,1-2H3. The molecule has 0 aliphatic rings. The molecule has 1 rings (SSSR count). The predicted molar refractivity (Wildman–Crippen MR) is 62.4 cm³/mol. The zero-order valence-corrected chi connectivity index (χ0v) is 10.6. The van der Waals surface area contributed by atoms with Crippen LogP contribution >= 0.6 is 22.9 Å². The molecule has 88 valence electrons. The number of nitrogens with zero attached hydrogens (tertiary/aromatic N) is 1. The van der Waals surface area contributed by atoms with E-state index in [2.05, 4.69) is 4.74 Å². The fourth-order valence-electron chi connectivity index (χ4n) is 1.09. The van der Waals surface area contributed by atoms with Crippen molar-refractivity contribution in [1.82, 2.24) is 4.90 Å². The Labute approximate surface area is 103 Å². The van der Waals surface area contributed by atoms with Gasteiger partial charge in [-0.25, -0.2) is 0 Å². The molecule has 0 radical (unpaired) electrons. The SMILES string of the molecule is COC(=O)CC(=O)N(C)Cc1ccc(Cl)s1.